The summed E-state index contributed by atoms with van der Waals surface area (Å²) >= 11 is 0. The van der Waals surface area contributed by atoms with Crippen LogP contribution in [0.3, 0.4) is 0 Å². The van der Waals surface area contributed by atoms with Crippen LogP contribution in [0.2, 0.25) is 0 Å². The van der Waals surface area contributed by atoms with Crippen molar-refractivity contribution in [2.24, 2.45) is 0 Å². The van der Waals surface area contributed by atoms with Gasteiger partial charge in [-0.05, 0) is 30.3 Å². The minimum Gasteiger partial charge on any atom is -0.477 e. The summed E-state index contributed by atoms with van der Waals surface area (Å²) in [7, 11) is 0. The Labute approximate surface area is 183 Å². The smallest absolute Gasteiger partial charge is 0.310 e. The SMILES string of the molecule is O=C(COc1ccccc1[N+](=O)[O-])NCc1cn(-c2ccccc2)nc1-c1ccncc1. The summed E-state index contributed by atoms with van der Waals surface area (Å²) in [6.07, 6.45) is 5.22. The summed E-state index contributed by atoms with van der Waals surface area (Å²) in [6, 6.07) is 19.3. The lowest BCUT2D eigenvalue weighted by Crippen LogP contribution is -2.28. The highest BCUT2D eigenvalue weighted by Crippen LogP contribution is 2.26. The predicted molar refractivity (Wildman–Crippen MR) is 117 cm³/mol. The van der Waals surface area contributed by atoms with Crippen molar-refractivity contribution in [2.45, 2.75) is 6.54 Å². The molecule has 0 aliphatic rings. The second-order valence-electron chi connectivity index (χ2n) is 6.81. The number of aromatic nitrogens is 3. The summed E-state index contributed by atoms with van der Waals surface area (Å²) in [5.74, 6) is -0.363. The molecule has 2 aromatic carbocycles. The summed E-state index contributed by atoms with van der Waals surface area (Å²) < 4.78 is 7.11. The molecule has 0 saturated carbocycles. The fourth-order valence-corrected chi connectivity index (χ4v) is 3.12. The van der Waals surface area contributed by atoms with E-state index in [-0.39, 0.29) is 24.6 Å². The van der Waals surface area contributed by atoms with E-state index >= 15 is 0 Å². The molecule has 32 heavy (non-hydrogen) atoms. The van der Waals surface area contributed by atoms with Crippen LogP contribution in [0, 0.1) is 10.1 Å². The van der Waals surface area contributed by atoms with Crippen molar-refractivity contribution in [2.75, 3.05) is 6.61 Å². The minimum absolute atomic E-state index is 0.0435. The Morgan fingerprint density at radius 3 is 2.50 bits per heavy atom. The lowest BCUT2D eigenvalue weighted by Gasteiger charge is -2.08. The van der Waals surface area contributed by atoms with Crippen LogP contribution in [0.15, 0.2) is 85.3 Å². The number of pyridine rings is 1. The molecule has 0 bridgehead atoms. The number of para-hydroxylation sites is 3. The van der Waals surface area contributed by atoms with Crippen LogP contribution in [-0.4, -0.2) is 32.2 Å². The number of ether oxygens (including phenoxy) is 1. The zero-order chi connectivity index (χ0) is 22.3. The zero-order valence-electron chi connectivity index (χ0n) is 16.9. The average molecular weight is 429 g/mol. The third kappa shape index (κ3) is 4.78. The maximum absolute atomic E-state index is 12.4. The second-order valence-corrected chi connectivity index (χ2v) is 6.81. The monoisotopic (exact) mass is 429 g/mol. The van der Waals surface area contributed by atoms with Gasteiger partial charge in [-0.2, -0.15) is 5.10 Å². The highest BCUT2D eigenvalue weighted by atomic mass is 16.6. The van der Waals surface area contributed by atoms with Gasteiger partial charge in [-0.15, -0.1) is 0 Å². The number of nitrogens with one attached hydrogen (secondary N) is 1. The van der Waals surface area contributed by atoms with Gasteiger partial charge >= 0.3 is 5.69 Å². The fraction of sp³-hybridized carbons (Fsp3) is 0.0870. The molecule has 4 aromatic rings. The van der Waals surface area contributed by atoms with Gasteiger partial charge in [0.2, 0.25) is 0 Å². The number of nitrogens with zero attached hydrogens (tertiary/aromatic N) is 4. The number of amides is 1. The molecular formula is C23H19N5O4. The normalized spacial score (nSPS) is 10.5. The summed E-state index contributed by atoms with van der Waals surface area (Å²) in [4.78, 5) is 26.9. The van der Waals surface area contributed by atoms with Crippen LogP contribution in [0.25, 0.3) is 16.9 Å². The van der Waals surface area contributed by atoms with Gasteiger partial charge in [-0.25, -0.2) is 4.68 Å². The molecule has 1 amide bonds. The highest BCUT2D eigenvalue weighted by Gasteiger charge is 2.16. The number of nitro groups is 1. The molecule has 0 saturated heterocycles. The molecule has 1 N–H and O–H groups in total. The summed E-state index contributed by atoms with van der Waals surface area (Å²) in [5, 5.41) is 18.6. The Kier molecular flexibility index (Phi) is 6.17. The molecule has 0 fully saturated rings. The van der Waals surface area contributed by atoms with Gasteiger partial charge in [0.15, 0.2) is 12.4 Å². The van der Waals surface area contributed by atoms with Gasteiger partial charge in [-0.3, -0.25) is 19.9 Å². The molecule has 4 rings (SSSR count). The van der Waals surface area contributed by atoms with Gasteiger partial charge in [-0.1, -0.05) is 30.3 Å². The number of carbonyl (C=O) groups excluding carboxylic acids is 1. The molecule has 0 atom stereocenters. The Balaban J connectivity index is 1.48. The van der Waals surface area contributed by atoms with Gasteiger partial charge < -0.3 is 10.1 Å². The van der Waals surface area contributed by atoms with E-state index in [0.29, 0.717) is 0 Å². The highest BCUT2D eigenvalue weighted by molar-refractivity contribution is 5.78. The number of rotatable bonds is 8. The van der Waals surface area contributed by atoms with Gasteiger partial charge in [0, 0.05) is 42.3 Å². The largest absolute Gasteiger partial charge is 0.477 e. The van der Waals surface area contributed by atoms with Crippen molar-refractivity contribution in [3.05, 3.63) is 101 Å². The molecule has 160 valence electrons. The van der Waals surface area contributed by atoms with Gasteiger partial charge in [0.05, 0.1) is 16.3 Å². The number of benzene rings is 2. The van der Waals surface area contributed by atoms with Crippen molar-refractivity contribution in [1.82, 2.24) is 20.1 Å². The van der Waals surface area contributed by atoms with Crippen molar-refractivity contribution in [3.8, 4) is 22.7 Å². The first-order valence-corrected chi connectivity index (χ1v) is 9.79. The van der Waals surface area contributed by atoms with Gasteiger partial charge in [0.1, 0.15) is 0 Å². The van der Waals surface area contributed by atoms with Crippen molar-refractivity contribution in [3.63, 3.8) is 0 Å². The molecule has 2 aromatic heterocycles. The van der Waals surface area contributed by atoms with Crippen LogP contribution in [0.4, 0.5) is 5.69 Å². The molecule has 0 radical (unpaired) electrons. The number of hydrogen-bond acceptors (Lipinski definition) is 6. The number of carbonyl (C=O) groups is 1. The van der Waals surface area contributed by atoms with Crippen LogP contribution in [0.5, 0.6) is 5.75 Å². The quantitative estimate of drug-likeness (QED) is 0.339. The van der Waals surface area contributed by atoms with Crippen LogP contribution < -0.4 is 10.1 Å². The molecule has 2 heterocycles. The predicted octanol–water partition coefficient (Wildman–Crippen LogP) is 3.54. The first-order chi connectivity index (χ1) is 15.6. The maximum Gasteiger partial charge on any atom is 0.310 e. The standard InChI is InChI=1S/C23H19N5O4/c29-22(16-32-21-9-5-4-8-20(21)28(30)31)25-14-18-15-27(19-6-2-1-3-7-19)26-23(18)17-10-12-24-13-11-17/h1-13,15H,14,16H2,(H,25,29). The van der Waals surface area contributed by atoms with Crippen LogP contribution in [-0.2, 0) is 11.3 Å². The summed E-state index contributed by atoms with van der Waals surface area (Å²) in [6.45, 7) is -0.133. The lowest BCUT2D eigenvalue weighted by molar-refractivity contribution is -0.385. The van der Waals surface area contributed by atoms with E-state index in [4.69, 9.17) is 4.74 Å². The molecule has 0 aliphatic carbocycles. The summed E-state index contributed by atoms with van der Waals surface area (Å²) in [5.41, 5.74) is 3.09. The molecule has 0 unspecified atom stereocenters. The van der Waals surface area contributed by atoms with E-state index in [1.165, 1.54) is 18.2 Å². The Morgan fingerprint density at radius 1 is 1.03 bits per heavy atom. The second kappa shape index (κ2) is 9.52. The van der Waals surface area contributed by atoms with Gasteiger partial charge in [0.25, 0.3) is 5.91 Å². The van der Waals surface area contributed by atoms with Crippen LogP contribution >= 0.6 is 0 Å². The Bertz CT molecular complexity index is 1230. The average Bonchev–Trinajstić information content (AvgIpc) is 3.27. The number of hydrogen-bond donors (Lipinski definition) is 1. The zero-order valence-corrected chi connectivity index (χ0v) is 16.9. The lowest BCUT2D eigenvalue weighted by atomic mass is 10.1. The topological polar surface area (TPSA) is 112 Å². The van der Waals surface area contributed by atoms with E-state index in [0.717, 1.165) is 22.5 Å². The fourth-order valence-electron chi connectivity index (χ4n) is 3.12. The van der Waals surface area contributed by atoms with E-state index in [1.54, 1.807) is 23.1 Å². The molecule has 0 spiro atoms. The molecular weight excluding hydrogens is 410 g/mol. The van der Waals surface area contributed by atoms with E-state index < -0.39 is 10.8 Å². The van der Waals surface area contributed by atoms with Crippen LogP contribution in [0.1, 0.15) is 5.56 Å². The first-order valence-electron chi connectivity index (χ1n) is 9.79. The molecule has 9 heteroatoms. The van der Waals surface area contributed by atoms with E-state index in [9.17, 15) is 14.9 Å². The minimum atomic E-state index is -0.549. The Hall–Kier alpha value is -4.53. The maximum atomic E-state index is 12.4. The van der Waals surface area contributed by atoms with Crippen molar-refractivity contribution >= 4 is 11.6 Å². The van der Waals surface area contributed by atoms with Crippen molar-refractivity contribution < 1.29 is 14.5 Å². The number of nitro benzene ring substituents is 1. The third-order valence-corrected chi connectivity index (χ3v) is 4.66. The van der Waals surface area contributed by atoms with E-state index in [2.05, 4.69) is 15.4 Å². The first kappa shape index (κ1) is 20.7. The third-order valence-electron chi connectivity index (χ3n) is 4.66. The molecule has 9 nitrogen and oxygen atoms in total. The molecule has 0 aliphatic heterocycles. The Morgan fingerprint density at radius 2 is 1.75 bits per heavy atom. The van der Waals surface area contributed by atoms with E-state index in [1.807, 2.05) is 48.7 Å². The van der Waals surface area contributed by atoms with Crippen molar-refractivity contribution in [1.29, 1.82) is 0 Å².